The van der Waals surface area contributed by atoms with Gasteiger partial charge in [0.25, 0.3) is 5.91 Å². The first-order chi connectivity index (χ1) is 12.6. The molecular formula is C21H19N3OS. The van der Waals surface area contributed by atoms with Crippen LogP contribution < -0.4 is 10.7 Å². The van der Waals surface area contributed by atoms with E-state index in [1.807, 2.05) is 53.7 Å². The average Bonchev–Trinajstić information content (AvgIpc) is 3.13. The van der Waals surface area contributed by atoms with Gasteiger partial charge in [0.1, 0.15) is 5.00 Å². The third-order valence-corrected chi connectivity index (χ3v) is 5.94. The van der Waals surface area contributed by atoms with Crippen LogP contribution in [0.25, 0.3) is 0 Å². The van der Waals surface area contributed by atoms with E-state index in [1.165, 1.54) is 11.1 Å². The summed E-state index contributed by atoms with van der Waals surface area (Å²) in [5, 5.41) is 7.16. The third kappa shape index (κ3) is 2.91. The number of carbonyl (C=O) groups excluding carboxylic acids is 1. The average molecular weight is 361 g/mol. The Labute approximate surface area is 156 Å². The van der Waals surface area contributed by atoms with Crippen molar-refractivity contribution in [3.05, 3.63) is 82.2 Å². The number of nitrogens with two attached hydrogens (primary N) is 1. The highest BCUT2D eigenvalue weighted by atomic mass is 32.1. The highest BCUT2D eigenvalue weighted by molar-refractivity contribution is 7.16. The van der Waals surface area contributed by atoms with E-state index in [0.29, 0.717) is 5.56 Å². The quantitative estimate of drug-likeness (QED) is 0.733. The van der Waals surface area contributed by atoms with Crippen LogP contribution in [0.2, 0.25) is 0 Å². The summed E-state index contributed by atoms with van der Waals surface area (Å²) in [6, 6.07) is 20.3. The lowest BCUT2D eigenvalue weighted by Crippen LogP contribution is -2.19. The van der Waals surface area contributed by atoms with Crippen LogP contribution in [-0.4, -0.2) is 12.1 Å². The van der Waals surface area contributed by atoms with Gasteiger partial charge in [0.15, 0.2) is 0 Å². The number of anilines is 2. The van der Waals surface area contributed by atoms with Crippen molar-refractivity contribution in [3.8, 4) is 0 Å². The Kier molecular flexibility index (Phi) is 4.31. The van der Waals surface area contributed by atoms with Crippen molar-refractivity contribution in [2.45, 2.75) is 19.3 Å². The van der Waals surface area contributed by atoms with Gasteiger partial charge in [-0.15, -0.1) is 11.3 Å². The molecule has 26 heavy (non-hydrogen) atoms. The molecule has 0 radical (unpaired) electrons. The summed E-state index contributed by atoms with van der Waals surface area (Å²) in [5.41, 5.74) is 9.59. The molecule has 2 N–H and O–H groups in total. The Morgan fingerprint density at radius 3 is 2.65 bits per heavy atom. The van der Waals surface area contributed by atoms with Crippen molar-refractivity contribution < 1.29 is 4.79 Å². The molecule has 0 saturated heterocycles. The van der Waals surface area contributed by atoms with E-state index in [2.05, 4.69) is 30.2 Å². The Bertz CT molecular complexity index is 978. The molecule has 0 spiro atoms. The number of thiophene rings is 1. The number of nitrogens with zero attached hydrogens (tertiary/aromatic N) is 2. The molecule has 1 amide bonds. The van der Waals surface area contributed by atoms with E-state index in [9.17, 15) is 4.79 Å². The summed E-state index contributed by atoms with van der Waals surface area (Å²) in [7, 11) is 0. The second-order valence-electron chi connectivity index (χ2n) is 6.31. The lowest BCUT2D eigenvalue weighted by Gasteiger charge is -2.24. The lowest BCUT2D eigenvalue weighted by molar-refractivity contribution is 0.100. The highest BCUT2D eigenvalue weighted by Crippen LogP contribution is 2.42. The molecule has 130 valence electrons. The fourth-order valence-corrected chi connectivity index (χ4v) is 4.40. The normalized spacial score (nSPS) is 14.1. The maximum atomic E-state index is 12.1. The molecule has 3 aromatic rings. The number of carbonyl (C=O) groups is 1. The first-order valence-electron chi connectivity index (χ1n) is 8.54. The minimum absolute atomic E-state index is 0.178. The molecule has 4 rings (SSSR count). The Hall–Kier alpha value is -2.92. The van der Waals surface area contributed by atoms with E-state index >= 15 is 0 Å². The predicted octanol–water partition coefficient (Wildman–Crippen LogP) is 4.68. The maximum Gasteiger partial charge on any atom is 0.251 e. The molecule has 1 aromatic heterocycles. The van der Waals surface area contributed by atoms with E-state index in [1.54, 1.807) is 11.3 Å². The van der Waals surface area contributed by atoms with Gasteiger partial charge in [-0.1, -0.05) is 55.5 Å². The number of hydrazone groups is 1. The topological polar surface area (TPSA) is 58.7 Å². The summed E-state index contributed by atoms with van der Waals surface area (Å²) in [6.07, 6.45) is 2.66. The van der Waals surface area contributed by atoms with Gasteiger partial charge in [-0.25, -0.2) is 5.01 Å². The number of amides is 1. The number of para-hydroxylation sites is 1. The fourth-order valence-electron chi connectivity index (χ4n) is 3.19. The number of fused-ring (bicyclic) bond motifs is 1. The van der Waals surface area contributed by atoms with Crippen LogP contribution in [0.4, 0.5) is 10.7 Å². The predicted molar refractivity (Wildman–Crippen MR) is 108 cm³/mol. The molecule has 0 bridgehead atoms. The summed E-state index contributed by atoms with van der Waals surface area (Å²) in [6.45, 7) is 2.14. The number of benzene rings is 2. The monoisotopic (exact) mass is 361 g/mol. The van der Waals surface area contributed by atoms with Crippen molar-refractivity contribution >= 4 is 34.1 Å². The van der Waals surface area contributed by atoms with E-state index < -0.39 is 5.91 Å². The van der Waals surface area contributed by atoms with Gasteiger partial charge < -0.3 is 5.73 Å². The number of hydrogen-bond donors (Lipinski definition) is 1. The molecule has 1 aliphatic heterocycles. The van der Waals surface area contributed by atoms with Gasteiger partial charge >= 0.3 is 0 Å². The standard InChI is InChI=1S/C21H19N3OS/c1-14(15-7-3-2-4-8-15)19-13-17(20(22)25)21(26-19)24-18-10-6-5-9-16(18)11-12-23-24/h2-10,12-14H,11H2,1H3,(H2,22,25). The van der Waals surface area contributed by atoms with E-state index in [4.69, 9.17) is 5.73 Å². The van der Waals surface area contributed by atoms with Gasteiger partial charge in [-0.2, -0.15) is 5.10 Å². The van der Waals surface area contributed by atoms with Crippen molar-refractivity contribution in [2.75, 3.05) is 5.01 Å². The molecule has 0 aliphatic carbocycles. The highest BCUT2D eigenvalue weighted by Gasteiger charge is 2.25. The van der Waals surface area contributed by atoms with E-state index in [-0.39, 0.29) is 5.92 Å². The number of hydrogen-bond acceptors (Lipinski definition) is 4. The van der Waals surface area contributed by atoms with Crippen LogP contribution in [0.3, 0.4) is 0 Å². The first-order valence-corrected chi connectivity index (χ1v) is 9.35. The molecule has 4 nitrogen and oxygen atoms in total. The lowest BCUT2D eigenvalue weighted by atomic mass is 9.99. The van der Waals surface area contributed by atoms with Crippen LogP contribution in [-0.2, 0) is 6.42 Å². The molecule has 1 unspecified atom stereocenters. The van der Waals surface area contributed by atoms with Gasteiger partial charge in [0, 0.05) is 23.4 Å². The van der Waals surface area contributed by atoms with Gasteiger partial charge in [0.2, 0.25) is 0 Å². The minimum atomic E-state index is -0.430. The molecule has 5 heteroatoms. The minimum Gasteiger partial charge on any atom is -0.366 e. The van der Waals surface area contributed by atoms with Crippen molar-refractivity contribution in [1.29, 1.82) is 0 Å². The molecule has 0 saturated carbocycles. The summed E-state index contributed by atoms with van der Waals surface area (Å²) in [4.78, 5) is 13.2. The van der Waals surface area contributed by atoms with E-state index in [0.717, 1.165) is 22.0 Å². The molecule has 2 aromatic carbocycles. The largest absolute Gasteiger partial charge is 0.366 e. The van der Waals surface area contributed by atoms with Crippen molar-refractivity contribution in [2.24, 2.45) is 10.8 Å². The smallest absolute Gasteiger partial charge is 0.251 e. The molecule has 1 aliphatic rings. The Morgan fingerprint density at radius 1 is 1.15 bits per heavy atom. The second-order valence-corrected chi connectivity index (χ2v) is 7.37. The molecule has 1 atom stereocenters. The van der Waals surface area contributed by atoms with Crippen LogP contribution in [0.15, 0.2) is 65.8 Å². The molecule has 2 heterocycles. The second kappa shape index (κ2) is 6.77. The zero-order valence-electron chi connectivity index (χ0n) is 14.4. The van der Waals surface area contributed by atoms with Crippen LogP contribution in [0.5, 0.6) is 0 Å². The molecular weight excluding hydrogens is 342 g/mol. The first kappa shape index (κ1) is 16.5. The van der Waals surface area contributed by atoms with Crippen LogP contribution in [0.1, 0.15) is 39.2 Å². The van der Waals surface area contributed by atoms with Crippen LogP contribution in [0, 0.1) is 0 Å². The zero-order valence-corrected chi connectivity index (χ0v) is 15.2. The van der Waals surface area contributed by atoms with Gasteiger partial charge in [-0.3, -0.25) is 4.79 Å². The SMILES string of the molecule is CC(c1ccccc1)c1cc(C(N)=O)c(N2N=CCc3ccccc32)s1. The van der Waals surface area contributed by atoms with Crippen molar-refractivity contribution in [3.63, 3.8) is 0 Å². The number of primary amides is 1. The maximum absolute atomic E-state index is 12.1. The summed E-state index contributed by atoms with van der Waals surface area (Å²) >= 11 is 1.57. The fraction of sp³-hybridized carbons (Fsp3) is 0.143. The third-order valence-electron chi connectivity index (χ3n) is 4.64. The Balaban J connectivity index is 1.80. The Morgan fingerprint density at radius 2 is 1.88 bits per heavy atom. The van der Waals surface area contributed by atoms with Crippen LogP contribution >= 0.6 is 11.3 Å². The van der Waals surface area contributed by atoms with Gasteiger partial charge in [-0.05, 0) is 23.3 Å². The number of rotatable bonds is 4. The summed E-state index contributed by atoms with van der Waals surface area (Å²) < 4.78 is 0. The van der Waals surface area contributed by atoms with Gasteiger partial charge in [0.05, 0.1) is 11.3 Å². The zero-order chi connectivity index (χ0) is 18.1. The molecule has 0 fully saturated rings. The summed E-state index contributed by atoms with van der Waals surface area (Å²) in [5.74, 6) is -0.252. The van der Waals surface area contributed by atoms with Crippen molar-refractivity contribution in [1.82, 2.24) is 0 Å².